The molecule has 1 unspecified atom stereocenters. The molecule has 0 aliphatic heterocycles. The third kappa shape index (κ3) is 17.9. The molecule has 0 bridgehead atoms. The fourth-order valence-corrected chi connectivity index (χ4v) is 7.10. The van der Waals surface area contributed by atoms with Gasteiger partial charge in [-0.3, -0.25) is 0 Å². The molecule has 1 aromatic carbocycles. The van der Waals surface area contributed by atoms with E-state index in [2.05, 4.69) is 58.0 Å². The smallest absolute Gasteiger partial charge is 0.114 e. The first-order valence-corrected chi connectivity index (χ1v) is 18.6. The van der Waals surface area contributed by atoms with E-state index in [1.807, 2.05) is 0 Å². The fraction of sp³-hybridized carbons (Fsp3) is 0.846. The van der Waals surface area contributed by atoms with E-state index in [-0.39, 0.29) is 0 Å². The number of quaternary nitrogens is 1. The molecule has 0 radical (unpaired) electrons. The Hall–Kier alpha value is -0.820. The lowest BCUT2D eigenvalue weighted by atomic mass is 9.96. The fourth-order valence-electron chi connectivity index (χ4n) is 7.10. The van der Waals surface area contributed by atoms with Crippen LogP contribution < -0.4 is 0 Å². The van der Waals surface area contributed by atoms with Crippen molar-refractivity contribution in [1.82, 2.24) is 0 Å². The van der Waals surface area contributed by atoms with Crippen LogP contribution in [0.4, 0.5) is 0 Å². The Morgan fingerprint density at radius 2 is 0.700 bits per heavy atom. The molecule has 0 saturated carbocycles. The normalized spacial score (nSPS) is 12.7. The molecule has 0 aliphatic rings. The molecule has 1 heteroatoms. The number of nitrogens with zero attached hydrogens (tertiary/aromatic N) is 1. The summed E-state index contributed by atoms with van der Waals surface area (Å²) in [5.41, 5.74) is 1.60. The molecule has 0 fully saturated rings. The van der Waals surface area contributed by atoms with Gasteiger partial charge in [-0.05, 0) is 38.5 Å². The Morgan fingerprint density at radius 1 is 0.400 bits per heavy atom. The van der Waals surface area contributed by atoms with Crippen LogP contribution in [0.2, 0.25) is 0 Å². The Bertz CT molecular complexity index is 573. The highest BCUT2D eigenvalue weighted by molar-refractivity contribution is 5.17. The van der Waals surface area contributed by atoms with E-state index in [1.54, 1.807) is 5.56 Å². The molecule has 0 aromatic heterocycles. The quantitative estimate of drug-likeness (QED) is 0.0653. The van der Waals surface area contributed by atoms with Crippen molar-refractivity contribution < 1.29 is 4.48 Å². The summed E-state index contributed by atoms with van der Waals surface area (Å²) in [7, 11) is 0. The van der Waals surface area contributed by atoms with Crippen molar-refractivity contribution in [2.45, 2.75) is 194 Å². The van der Waals surface area contributed by atoms with E-state index in [4.69, 9.17) is 0 Å². The Kier molecular flexibility index (Phi) is 25.2. The van der Waals surface area contributed by atoms with Crippen LogP contribution in [-0.2, 0) is 0 Å². The molecule has 1 atom stereocenters. The summed E-state index contributed by atoms with van der Waals surface area (Å²) in [4.78, 5) is 0. The Balaban J connectivity index is 2.83. The molecule has 234 valence electrons. The van der Waals surface area contributed by atoms with Gasteiger partial charge in [-0.2, -0.15) is 0 Å². The van der Waals surface area contributed by atoms with Gasteiger partial charge in [0.2, 0.25) is 0 Å². The van der Waals surface area contributed by atoms with Gasteiger partial charge in [0.25, 0.3) is 0 Å². The van der Waals surface area contributed by atoms with Crippen molar-refractivity contribution >= 4 is 0 Å². The van der Waals surface area contributed by atoms with Gasteiger partial charge in [0.1, 0.15) is 6.04 Å². The lowest BCUT2D eigenvalue weighted by Gasteiger charge is -2.46. The molecule has 0 aliphatic carbocycles. The summed E-state index contributed by atoms with van der Waals surface area (Å²) in [6.07, 6.45) is 35.6. The van der Waals surface area contributed by atoms with Gasteiger partial charge in [-0.25, -0.2) is 0 Å². The maximum absolute atomic E-state index is 2.47. The number of unbranched alkanes of at least 4 members (excludes halogenated alkanes) is 21. The first-order valence-electron chi connectivity index (χ1n) is 18.6. The van der Waals surface area contributed by atoms with E-state index in [9.17, 15) is 0 Å². The molecule has 40 heavy (non-hydrogen) atoms. The van der Waals surface area contributed by atoms with Gasteiger partial charge in [0, 0.05) is 12.0 Å². The van der Waals surface area contributed by atoms with Gasteiger partial charge in [-0.1, -0.05) is 174 Å². The zero-order valence-electron chi connectivity index (χ0n) is 28.2. The number of benzene rings is 1. The van der Waals surface area contributed by atoms with Crippen molar-refractivity contribution in [2.24, 2.45) is 0 Å². The molecule has 1 nitrogen and oxygen atoms in total. The number of hydrogen-bond acceptors (Lipinski definition) is 0. The molecule has 0 amide bonds. The summed E-state index contributed by atoms with van der Waals surface area (Å²) in [5, 5.41) is 0. The first kappa shape index (κ1) is 37.2. The molecule has 0 saturated heterocycles. The summed E-state index contributed by atoms with van der Waals surface area (Å²) in [6.45, 7) is 13.6. The zero-order chi connectivity index (χ0) is 29.0. The third-order valence-corrected chi connectivity index (χ3v) is 9.60. The minimum absolute atomic E-state index is 0.667. The van der Waals surface area contributed by atoms with Crippen LogP contribution in [0.5, 0.6) is 0 Å². The minimum Gasteiger partial charge on any atom is -0.317 e. The minimum atomic E-state index is 0.667. The molecular weight excluding hydrogens is 482 g/mol. The Labute approximate surface area is 253 Å². The van der Waals surface area contributed by atoms with Gasteiger partial charge in [0.05, 0.1) is 19.6 Å². The van der Waals surface area contributed by atoms with Crippen LogP contribution in [0.15, 0.2) is 30.3 Å². The van der Waals surface area contributed by atoms with Gasteiger partial charge < -0.3 is 4.48 Å². The highest BCUT2D eigenvalue weighted by atomic mass is 15.4. The van der Waals surface area contributed by atoms with E-state index in [0.29, 0.717) is 6.04 Å². The Morgan fingerprint density at radius 3 is 1.00 bits per heavy atom. The molecule has 1 rings (SSSR count). The van der Waals surface area contributed by atoms with E-state index < -0.39 is 0 Å². The average molecular weight is 557 g/mol. The van der Waals surface area contributed by atoms with Crippen LogP contribution >= 0.6 is 0 Å². The number of hydrogen-bond donors (Lipinski definition) is 0. The lowest BCUT2D eigenvalue weighted by Crippen LogP contribution is -2.52. The van der Waals surface area contributed by atoms with Crippen molar-refractivity contribution in [3.8, 4) is 0 Å². The van der Waals surface area contributed by atoms with E-state index >= 15 is 0 Å². The van der Waals surface area contributed by atoms with Crippen LogP contribution in [0.25, 0.3) is 0 Å². The molecule has 0 heterocycles. The SMILES string of the molecule is CCCCCCCCCC[N+](CCCCCCCCCC)(CCCCCCCCCC)C(CC)c1ccccc1. The maximum atomic E-state index is 2.47. The van der Waals surface area contributed by atoms with Crippen LogP contribution in [-0.4, -0.2) is 24.1 Å². The third-order valence-electron chi connectivity index (χ3n) is 9.60. The van der Waals surface area contributed by atoms with Gasteiger partial charge in [-0.15, -0.1) is 0 Å². The lowest BCUT2D eigenvalue weighted by molar-refractivity contribution is -0.958. The van der Waals surface area contributed by atoms with Crippen molar-refractivity contribution in [3.63, 3.8) is 0 Å². The summed E-state index contributed by atoms with van der Waals surface area (Å²) in [5.74, 6) is 0. The van der Waals surface area contributed by atoms with E-state index in [0.717, 1.165) is 0 Å². The van der Waals surface area contributed by atoms with Gasteiger partial charge in [0.15, 0.2) is 0 Å². The molecular formula is C39H74N+. The van der Waals surface area contributed by atoms with Crippen molar-refractivity contribution in [3.05, 3.63) is 35.9 Å². The van der Waals surface area contributed by atoms with Crippen LogP contribution in [0, 0.1) is 0 Å². The monoisotopic (exact) mass is 557 g/mol. The van der Waals surface area contributed by atoms with Crippen molar-refractivity contribution in [1.29, 1.82) is 0 Å². The highest BCUT2D eigenvalue weighted by Crippen LogP contribution is 2.34. The first-order chi connectivity index (χ1) is 19.7. The van der Waals surface area contributed by atoms with E-state index in [1.165, 1.54) is 185 Å². The second-order valence-corrected chi connectivity index (χ2v) is 13.1. The predicted octanol–water partition coefficient (Wildman–Crippen LogP) is 13.4. The summed E-state index contributed by atoms with van der Waals surface area (Å²) in [6, 6.07) is 12.3. The summed E-state index contributed by atoms with van der Waals surface area (Å²) >= 11 is 0. The molecule has 0 spiro atoms. The summed E-state index contributed by atoms with van der Waals surface area (Å²) < 4.78 is 1.36. The van der Waals surface area contributed by atoms with Crippen LogP contribution in [0.1, 0.15) is 200 Å². The van der Waals surface area contributed by atoms with Crippen LogP contribution in [0.3, 0.4) is 0 Å². The molecule has 1 aromatic rings. The largest absolute Gasteiger partial charge is 0.317 e. The highest BCUT2D eigenvalue weighted by Gasteiger charge is 2.35. The van der Waals surface area contributed by atoms with Crippen molar-refractivity contribution in [2.75, 3.05) is 19.6 Å². The number of rotatable bonds is 30. The average Bonchev–Trinajstić information content (AvgIpc) is 2.98. The van der Waals surface area contributed by atoms with Gasteiger partial charge >= 0.3 is 0 Å². The maximum Gasteiger partial charge on any atom is 0.114 e. The standard InChI is InChI=1S/C39H74N/c1-5-9-12-15-18-21-24-30-35-40(36-31-25-22-19-16-13-10-6-2,37-32-26-23-20-17-14-11-7-3)39(8-4)38-33-28-27-29-34-38/h27-29,33-34,39H,5-26,30-32,35-37H2,1-4H3/q+1. The second kappa shape index (κ2) is 27.0. The predicted molar refractivity (Wildman–Crippen MR) is 182 cm³/mol. The second-order valence-electron chi connectivity index (χ2n) is 13.1. The zero-order valence-corrected chi connectivity index (χ0v) is 28.2. The topological polar surface area (TPSA) is 0 Å². The molecule has 0 N–H and O–H groups in total.